The Labute approximate surface area is 129 Å². The highest BCUT2D eigenvalue weighted by molar-refractivity contribution is 5.72. The highest BCUT2D eigenvalue weighted by Gasteiger charge is 1.96. The van der Waals surface area contributed by atoms with Gasteiger partial charge < -0.3 is 4.90 Å². The number of allylic oxidation sites excluding steroid dienone is 3. The number of rotatable bonds is 9. The molecule has 0 spiro atoms. The molecule has 0 N–H and O–H groups in total. The van der Waals surface area contributed by atoms with E-state index in [4.69, 9.17) is 0 Å². The van der Waals surface area contributed by atoms with Gasteiger partial charge >= 0.3 is 0 Å². The molecule has 0 unspecified atom stereocenters. The van der Waals surface area contributed by atoms with Gasteiger partial charge in [0.1, 0.15) is 0 Å². The van der Waals surface area contributed by atoms with E-state index in [9.17, 15) is 4.79 Å². The Hall–Kier alpha value is -1.83. The van der Waals surface area contributed by atoms with Gasteiger partial charge in [-0.05, 0) is 31.2 Å². The Kier molecular flexibility index (Phi) is 8.94. The Bertz CT molecular complexity index is 448. The predicted octanol–water partition coefficient (Wildman–Crippen LogP) is 4.38. The van der Waals surface area contributed by atoms with Crippen molar-refractivity contribution in [1.82, 2.24) is 4.90 Å². The summed E-state index contributed by atoms with van der Waals surface area (Å²) in [7, 11) is 1.81. The highest BCUT2D eigenvalue weighted by Crippen LogP contribution is 2.07. The third-order valence-electron chi connectivity index (χ3n) is 3.48. The van der Waals surface area contributed by atoms with E-state index in [-0.39, 0.29) is 5.91 Å². The number of carbonyl (C=O) groups is 1. The number of benzene rings is 1. The quantitative estimate of drug-likeness (QED) is 0.487. The normalized spacial score (nSPS) is 11.3. The van der Waals surface area contributed by atoms with Crippen LogP contribution in [0, 0.1) is 0 Å². The topological polar surface area (TPSA) is 20.3 Å². The molecule has 2 heteroatoms. The minimum absolute atomic E-state index is 0.0991. The van der Waals surface area contributed by atoms with Crippen LogP contribution in [-0.4, -0.2) is 24.4 Å². The van der Waals surface area contributed by atoms with E-state index in [1.54, 1.807) is 11.8 Å². The second-order valence-electron chi connectivity index (χ2n) is 5.34. The van der Waals surface area contributed by atoms with Crippen LogP contribution in [0.3, 0.4) is 0 Å². The van der Waals surface area contributed by atoms with Crippen LogP contribution in [0.2, 0.25) is 0 Å². The van der Waals surface area contributed by atoms with Crippen LogP contribution in [0.15, 0.2) is 54.6 Å². The summed E-state index contributed by atoms with van der Waals surface area (Å²) in [5.74, 6) is 0.0991. The molecule has 0 atom stereocenters. The van der Waals surface area contributed by atoms with Crippen LogP contribution in [0.25, 0.3) is 0 Å². The number of amides is 1. The summed E-state index contributed by atoms with van der Waals surface area (Å²) in [5, 5.41) is 0. The summed E-state index contributed by atoms with van der Waals surface area (Å²) in [4.78, 5) is 12.7. The lowest BCUT2D eigenvalue weighted by atomic mass is 10.1. The number of carbonyl (C=O) groups excluding carboxylic acids is 1. The van der Waals surface area contributed by atoms with E-state index in [0.717, 1.165) is 6.42 Å². The minimum Gasteiger partial charge on any atom is -0.342 e. The fourth-order valence-corrected chi connectivity index (χ4v) is 2.01. The van der Waals surface area contributed by atoms with Crippen molar-refractivity contribution in [1.29, 1.82) is 0 Å². The third kappa shape index (κ3) is 8.85. The molecule has 1 aromatic rings. The molecule has 0 aliphatic heterocycles. The summed E-state index contributed by atoms with van der Waals surface area (Å²) in [6.45, 7) is 2.26. The monoisotopic (exact) mass is 285 g/mol. The highest BCUT2D eigenvalue weighted by atomic mass is 16.2. The van der Waals surface area contributed by atoms with E-state index in [1.165, 1.54) is 31.2 Å². The van der Waals surface area contributed by atoms with Crippen molar-refractivity contribution in [2.24, 2.45) is 0 Å². The molecule has 0 aliphatic carbocycles. The Morgan fingerprint density at radius 2 is 1.76 bits per heavy atom. The number of hydrogen-bond donors (Lipinski definition) is 0. The summed E-state index contributed by atoms with van der Waals surface area (Å²) in [5.41, 5.74) is 1.44. The van der Waals surface area contributed by atoms with Gasteiger partial charge in [-0.25, -0.2) is 0 Å². The maximum atomic E-state index is 11.0. The van der Waals surface area contributed by atoms with Gasteiger partial charge in [-0.15, -0.1) is 0 Å². The molecule has 0 aromatic heterocycles. The number of likely N-dealkylation sites (N-methyl/N-ethyl adjacent to an activating group) is 1. The first-order chi connectivity index (χ1) is 10.2. The molecule has 0 saturated heterocycles. The van der Waals surface area contributed by atoms with Crippen molar-refractivity contribution >= 4 is 5.91 Å². The first kappa shape index (κ1) is 17.2. The van der Waals surface area contributed by atoms with Crippen molar-refractivity contribution < 1.29 is 4.79 Å². The molecule has 0 fully saturated rings. The van der Waals surface area contributed by atoms with Crippen LogP contribution in [0.5, 0.6) is 0 Å². The lowest BCUT2D eigenvalue weighted by Gasteiger charge is -2.10. The van der Waals surface area contributed by atoms with E-state index in [2.05, 4.69) is 42.5 Å². The molecule has 0 saturated carbocycles. The largest absolute Gasteiger partial charge is 0.342 e. The lowest BCUT2D eigenvalue weighted by Crippen LogP contribution is -2.23. The zero-order valence-corrected chi connectivity index (χ0v) is 13.3. The van der Waals surface area contributed by atoms with Crippen LogP contribution in [0.1, 0.15) is 38.2 Å². The SMILES string of the molecule is CC(=O)N(C)C/C=C/C=C/CCCCCc1ccccc1. The summed E-state index contributed by atoms with van der Waals surface area (Å²) < 4.78 is 0. The fraction of sp³-hybridized carbons (Fsp3) is 0.421. The first-order valence-corrected chi connectivity index (χ1v) is 7.77. The Balaban J connectivity index is 2.00. The first-order valence-electron chi connectivity index (χ1n) is 7.77. The summed E-state index contributed by atoms with van der Waals surface area (Å²) >= 11 is 0. The van der Waals surface area contributed by atoms with Gasteiger partial charge in [-0.3, -0.25) is 4.79 Å². The molecule has 1 aromatic carbocycles. The van der Waals surface area contributed by atoms with Gasteiger partial charge in [0.15, 0.2) is 0 Å². The van der Waals surface area contributed by atoms with Gasteiger partial charge in [0.05, 0.1) is 0 Å². The molecule has 0 aliphatic rings. The molecule has 1 rings (SSSR count). The molecular formula is C19H27NO. The zero-order valence-electron chi connectivity index (χ0n) is 13.3. The molecule has 114 valence electrons. The van der Waals surface area contributed by atoms with Crippen molar-refractivity contribution in [3.8, 4) is 0 Å². The molecule has 1 amide bonds. The fourth-order valence-electron chi connectivity index (χ4n) is 2.01. The third-order valence-corrected chi connectivity index (χ3v) is 3.48. The van der Waals surface area contributed by atoms with E-state index >= 15 is 0 Å². The second kappa shape index (κ2) is 10.9. The zero-order chi connectivity index (χ0) is 15.3. The van der Waals surface area contributed by atoms with E-state index < -0.39 is 0 Å². The second-order valence-corrected chi connectivity index (χ2v) is 5.34. The minimum atomic E-state index is 0.0991. The van der Waals surface area contributed by atoms with Crippen molar-refractivity contribution in [2.75, 3.05) is 13.6 Å². The molecule has 0 radical (unpaired) electrons. The van der Waals surface area contributed by atoms with Crippen LogP contribution in [0.4, 0.5) is 0 Å². The lowest BCUT2D eigenvalue weighted by molar-refractivity contribution is -0.127. The van der Waals surface area contributed by atoms with Gasteiger partial charge in [0, 0.05) is 20.5 Å². The average molecular weight is 285 g/mol. The van der Waals surface area contributed by atoms with Crippen molar-refractivity contribution in [3.05, 3.63) is 60.2 Å². The number of nitrogens with zero attached hydrogens (tertiary/aromatic N) is 1. The van der Waals surface area contributed by atoms with Crippen molar-refractivity contribution in [2.45, 2.75) is 39.0 Å². The maximum absolute atomic E-state index is 11.0. The van der Waals surface area contributed by atoms with E-state index in [0.29, 0.717) is 6.54 Å². The maximum Gasteiger partial charge on any atom is 0.219 e. The van der Waals surface area contributed by atoms with Crippen LogP contribution >= 0.6 is 0 Å². The summed E-state index contributed by atoms with van der Waals surface area (Å²) in [6, 6.07) is 10.7. The van der Waals surface area contributed by atoms with Gasteiger partial charge in [-0.2, -0.15) is 0 Å². The number of hydrogen-bond acceptors (Lipinski definition) is 1. The van der Waals surface area contributed by atoms with Gasteiger partial charge in [-0.1, -0.05) is 61.1 Å². The van der Waals surface area contributed by atoms with Gasteiger partial charge in [0.25, 0.3) is 0 Å². The Morgan fingerprint density at radius 1 is 1.05 bits per heavy atom. The number of unbranched alkanes of at least 4 members (excludes halogenated alkanes) is 3. The summed E-state index contributed by atoms with van der Waals surface area (Å²) in [6.07, 6.45) is 14.4. The smallest absolute Gasteiger partial charge is 0.219 e. The predicted molar refractivity (Wildman–Crippen MR) is 90.2 cm³/mol. The molecule has 2 nitrogen and oxygen atoms in total. The Morgan fingerprint density at radius 3 is 2.48 bits per heavy atom. The van der Waals surface area contributed by atoms with Gasteiger partial charge in [0.2, 0.25) is 5.91 Å². The van der Waals surface area contributed by atoms with E-state index in [1.807, 2.05) is 19.2 Å². The van der Waals surface area contributed by atoms with Crippen LogP contribution in [-0.2, 0) is 11.2 Å². The molecule has 0 bridgehead atoms. The van der Waals surface area contributed by atoms with Crippen LogP contribution < -0.4 is 0 Å². The average Bonchev–Trinajstić information content (AvgIpc) is 2.49. The number of aryl methyl sites for hydroxylation is 1. The molecular weight excluding hydrogens is 258 g/mol. The molecule has 0 heterocycles. The molecule has 21 heavy (non-hydrogen) atoms. The van der Waals surface area contributed by atoms with Crippen molar-refractivity contribution in [3.63, 3.8) is 0 Å². The standard InChI is InChI=1S/C19H27NO/c1-18(21)20(2)17-13-8-6-4-3-5-7-10-14-19-15-11-9-12-16-19/h4,6,8-9,11-13,15-16H,3,5,7,10,14,17H2,1-2H3/b6-4+,13-8+.